The van der Waals surface area contributed by atoms with Crippen LogP contribution in [0.2, 0.25) is 0 Å². The largest absolute Gasteiger partial charge is 0.496 e. The molecule has 0 unspecified atom stereocenters. The zero-order valence-electron chi connectivity index (χ0n) is 17.9. The van der Waals surface area contributed by atoms with E-state index in [2.05, 4.69) is 45.4 Å². The van der Waals surface area contributed by atoms with Crippen molar-refractivity contribution in [2.24, 2.45) is 4.99 Å². The number of rotatable bonds is 3. The van der Waals surface area contributed by atoms with Crippen molar-refractivity contribution in [1.82, 2.24) is 9.80 Å². The topological polar surface area (TPSA) is 58.6 Å². The minimum atomic E-state index is -0.0525. The second-order valence-electron chi connectivity index (χ2n) is 8.71. The first-order valence-electron chi connectivity index (χ1n) is 11.1. The average molecular weight is 421 g/mol. The van der Waals surface area contributed by atoms with E-state index in [9.17, 15) is 0 Å². The number of hydrogen-bond acceptors (Lipinski definition) is 7. The Hall–Kier alpha value is -2.93. The number of nitrogens with one attached hydrogen (secondary N) is 1. The van der Waals surface area contributed by atoms with Gasteiger partial charge in [-0.1, -0.05) is 12.1 Å². The molecule has 162 valence electrons. The number of aliphatic imine (C=N–C) groups is 1. The quantitative estimate of drug-likeness (QED) is 0.822. The smallest absolute Gasteiger partial charge is 0.231 e. The molecule has 7 nitrogen and oxygen atoms in total. The van der Waals surface area contributed by atoms with Crippen molar-refractivity contribution >= 4 is 11.5 Å². The maximum atomic E-state index is 5.63. The van der Waals surface area contributed by atoms with E-state index in [1.54, 1.807) is 7.11 Å². The Labute approximate surface area is 182 Å². The molecule has 1 saturated heterocycles. The molecule has 31 heavy (non-hydrogen) atoms. The molecule has 1 fully saturated rings. The summed E-state index contributed by atoms with van der Waals surface area (Å²) in [6.07, 6.45) is 3.22. The monoisotopic (exact) mass is 420 g/mol. The summed E-state index contributed by atoms with van der Waals surface area (Å²) < 4.78 is 16.7. The lowest BCUT2D eigenvalue weighted by Crippen LogP contribution is -2.65. The number of nitrogens with zero attached hydrogens (tertiary/aromatic N) is 3. The van der Waals surface area contributed by atoms with Gasteiger partial charge >= 0.3 is 0 Å². The average Bonchev–Trinajstić information content (AvgIpc) is 3.28. The third-order valence-electron chi connectivity index (χ3n) is 6.96. The Morgan fingerprint density at radius 2 is 1.90 bits per heavy atom. The van der Waals surface area contributed by atoms with E-state index in [1.165, 1.54) is 17.1 Å². The van der Waals surface area contributed by atoms with Crippen LogP contribution in [0.4, 0.5) is 5.69 Å². The maximum Gasteiger partial charge on any atom is 0.231 e. The highest BCUT2D eigenvalue weighted by Gasteiger charge is 2.45. The zero-order chi connectivity index (χ0) is 20.8. The zero-order valence-corrected chi connectivity index (χ0v) is 17.9. The Morgan fingerprint density at radius 3 is 2.74 bits per heavy atom. The SMILES string of the molecule is COc1cc2c(cc1CN1CCC3(CC1)Nc1ccccc1C1=NCCCN13)OCO2. The van der Waals surface area contributed by atoms with Crippen LogP contribution in [-0.2, 0) is 6.54 Å². The summed E-state index contributed by atoms with van der Waals surface area (Å²) >= 11 is 0. The Kier molecular flexibility index (Phi) is 4.45. The number of benzene rings is 2. The van der Waals surface area contributed by atoms with Crippen LogP contribution < -0.4 is 19.5 Å². The van der Waals surface area contributed by atoms with Crippen molar-refractivity contribution in [2.45, 2.75) is 31.5 Å². The molecule has 4 heterocycles. The van der Waals surface area contributed by atoms with Crippen LogP contribution in [-0.4, -0.2) is 61.4 Å². The predicted molar refractivity (Wildman–Crippen MR) is 119 cm³/mol. The van der Waals surface area contributed by atoms with Gasteiger partial charge in [0, 0.05) is 68.4 Å². The van der Waals surface area contributed by atoms with E-state index >= 15 is 0 Å². The minimum absolute atomic E-state index is 0.0525. The van der Waals surface area contributed by atoms with Gasteiger partial charge in [0.2, 0.25) is 6.79 Å². The lowest BCUT2D eigenvalue weighted by molar-refractivity contribution is 0.0795. The van der Waals surface area contributed by atoms with Crippen LogP contribution in [0.3, 0.4) is 0 Å². The normalized spacial score (nSPS) is 21.2. The molecule has 0 bridgehead atoms. The van der Waals surface area contributed by atoms with E-state index in [1.807, 2.05) is 6.07 Å². The fraction of sp³-hybridized carbons (Fsp3) is 0.458. The van der Waals surface area contributed by atoms with Crippen LogP contribution >= 0.6 is 0 Å². The molecule has 0 atom stereocenters. The van der Waals surface area contributed by atoms with Crippen molar-refractivity contribution in [3.63, 3.8) is 0 Å². The summed E-state index contributed by atoms with van der Waals surface area (Å²) in [4.78, 5) is 9.98. The van der Waals surface area contributed by atoms with Gasteiger partial charge in [-0.25, -0.2) is 0 Å². The highest BCUT2D eigenvalue weighted by Crippen LogP contribution is 2.41. The standard InChI is InChI=1S/C24H28N4O3/c1-29-20-14-22-21(30-16-31-22)13-17(20)15-27-11-7-24(8-12-27)26-19-6-3-2-5-18(19)23-25-9-4-10-28(23)24/h2-3,5-6,13-14,26H,4,7-12,15-16H2,1H3. The molecule has 0 radical (unpaired) electrons. The van der Waals surface area contributed by atoms with Crippen LogP contribution in [0.15, 0.2) is 41.4 Å². The Balaban J connectivity index is 1.23. The summed E-state index contributed by atoms with van der Waals surface area (Å²) in [5, 5.41) is 3.91. The van der Waals surface area contributed by atoms with Crippen molar-refractivity contribution < 1.29 is 14.2 Å². The number of anilines is 1. The number of likely N-dealkylation sites (tertiary alicyclic amines) is 1. The summed E-state index contributed by atoms with van der Waals surface area (Å²) in [7, 11) is 1.72. The van der Waals surface area contributed by atoms with E-state index in [4.69, 9.17) is 19.2 Å². The molecule has 0 saturated carbocycles. The van der Waals surface area contributed by atoms with Gasteiger partial charge in [0.05, 0.1) is 7.11 Å². The van der Waals surface area contributed by atoms with Crippen LogP contribution in [0.25, 0.3) is 0 Å². The molecular weight excluding hydrogens is 392 g/mol. The van der Waals surface area contributed by atoms with Crippen molar-refractivity contribution in [3.8, 4) is 17.2 Å². The molecule has 2 aromatic carbocycles. The van der Waals surface area contributed by atoms with E-state index in [0.29, 0.717) is 0 Å². The van der Waals surface area contributed by atoms with Gasteiger partial charge in [-0.2, -0.15) is 0 Å². The number of methoxy groups -OCH3 is 1. The molecule has 1 spiro atoms. The fourth-order valence-electron chi connectivity index (χ4n) is 5.35. The van der Waals surface area contributed by atoms with Crippen molar-refractivity contribution in [1.29, 1.82) is 0 Å². The predicted octanol–water partition coefficient (Wildman–Crippen LogP) is 3.29. The number of hydrogen-bond donors (Lipinski definition) is 1. The summed E-state index contributed by atoms with van der Waals surface area (Å²) in [5.41, 5.74) is 3.54. The van der Waals surface area contributed by atoms with Crippen molar-refractivity contribution in [2.75, 3.05) is 45.4 Å². The van der Waals surface area contributed by atoms with E-state index in [0.717, 1.165) is 74.8 Å². The minimum Gasteiger partial charge on any atom is -0.496 e. The summed E-state index contributed by atoms with van der Waals surface area (Å²) in [6.45, 7) is 5.13. The second kappa shape index (κ2) is 7.34. The van der Waals surface area contributed by atoms with E-state index < -0.39 is 0 Å². The molecule has 4 aliphatic heterocycles. The van der Waals surface area contributed by atoms with Gasteiger partial charge in [0.15, 0.2) is 11.5 Å². The fourth-order valence-corrected chi connectivity index (χ4v) is 5.35. The molecule has 0 aromatic heterocycles. The molecule has 0 amide bonds. The number of ether oxygens (including phenoxy) is 3. The summed E-state index contributed by atoms with van der Waals surface area (Å²) in [6, 6.07) is 12.6. The lowest BCUT2D eigenvalue weighted by Gasteiger charge is -2.54. The van der Waals surface area contributed by atoms with Crippen LogP contribution in [0.5, 0.6) is 17.2 Å². The maximum absolute atomic E-state index is 5.63. The first-order chi connectivity index (χ1) is 15.3. The third-order valence-corrected chi connectivity index (χ3v) is 6.96. The van der Waals surface area contributed by atoms with Gasteiger partial charge in [0.1, 0.15) is 17.2 Å². The Bertz CT molecular complexity index is 1030. The molecule has 1 N–H and O–H groups in total. The van der Waals surface area contributed by atoms with E-state index in [-0.39, 0.29) is 12.5 Å². The molecule has 2 aromatic rings. The lowest BCUT2D eigenvalue weighted by atomic mass is 9.88. The van der Waals surface area contributed by atoms with Gasteiger partial charge in [-0.15, -0.1) is 0 Å². The number of para-hydroxylation sites is 1. The van der Waals surface area contributed by atoms with Crippen LogP contribution in [0.1, 0.15) is 30.4 Å². The third kappa shape index (κ3) is 3.10. The van der Waals surface area contributed by atoms with Crippen molar-refractivity contribution in [3.05, 3.63) is 47.5 Å². The highest BCUT2D eigenvalue weighted by molar-refractivity contribution is 6.06. The molecule has 4 aliphatic rings. The Morgan fingerprint density at radius 1 is 1.10 bits per heavy atom. The molecule has 0 aliphatic carbocycles. The molecule has 7 heteroatoms. The summed E-state index contributed by atoms with van der Waals surface area (Å²) in [5.74, 6) is 3.61. The van der Waals surface area contributed by atoms with Gasteiger partial charge in [0.25, 0.3) is 0 Å². The number of fused-ring (bicyclic) bond motifs is 5. The first kappa shape index (κ1) is 18.8. The molecular formula is C24H28N4O3. The highest BCUT2D eigenvalue weighted by atomic mass is 16.7. The van der Waals surface area contributed by atoms with Gasteiger partial charge in [-0.3, -0.25) is 9.89 Å². The second-order valence-corrected chi connectivity index (χ2v) is 8.71. The number of piperidine rings is 1. The first-order valence-corrected chi connectivity index (χ1v) is 11.1. The van der Waals surface area contributed by atoms with Gasteiger partial charge in [-0.05, 0) is 24.6 Å². The van der Waals surface area contributed by atoms with Crippen LogP contribution in [0, 0.1) is 0 Å². The van der Waals surface area contributed by atoms with Gasteiger partial charge < -0.3 is 24.4 Å². The number of amidine groups is 1. The molecule has 6 rings (SSSR count).